The van der Waals surface area contributed by atoms with Crippen molar-refractivity contribution in [2.24, 2.45) is 7.05 Å². The lowest BCUT2D eigenvalue weighted by atomic mass is 10.0. The SMILES string of the molecule is CCCCc1nc2c(N3CCC(N4CNc5ccccc54)CC3)ncnc2n1C. The van der Waals surface area contributed by atoms with Gasteiger partial charge in [-0.2, -0.15) is 0 Å². The number of benzene rings is 1. The van der Waals surface area contributed by atoms with Gasteiger partial charge in [0, 0.05) is 32.6 Å². The van der Waals surface area contributed by atoms with E-state index in [1.807, 2.05) is 0 Å². The highest BCUT2D eigenvalue weighted by Crippen LogP contribution is 2.35. The molecule has 0 saturated carbocycles. The summed E-state index contributed by atoms with van der Waals surface area (Å²) >= 11 is 0. The minimum absolute atomic E-state index is 0.559. The minimum Gasteiger partial charge on any atom is -0.366 e. The molecule has 1 N–H and O–H groups in total. The molecule has 29 heavy (non-hydrogen) atoms. The number of piperidine rings is 1. The molecule has 0 aliphatic carbocycles. The number of aromatic nitrogens is 4. The van der Waals surface area contributed by atoms with Gasteiger partial charge in [-0.05, 0) is 31.4 Å². The van der Waals surface area contributed by atoms with Crippen LogP contribution in [0.2, 0.25) is 0 Å². The molecule has 0 unspecified atom stereocenters. The number of hydrogen-bond acceptors (Lipinski definition) is 6. The monoisotopic (exact) mass is 391 g/mol. The highest BCUT2D eigenvalue weighted by molar-refractivity contribution is 5.84. The molecule has 1 fully saturated rings. The Labute approximate surface area is 171 Å². The van der Waals surface area contributed by atoms with Crippen molar-refractivity contribution in [2.75, 3.05) is 34.9 Å². The number of anilines is 3. The number of nitrogens with one attached hydrogen (secondary N) is 1. The first-order valence-electron chi connectivity index (χ1n) is 10.8. The fourth-order valence-electron chi connectivity index (χ4n) is 4.67. The first-order chi connectivity index (χ1) is 14.3. The Morgan fingerprint density at radius 1 is 1.14 bits per heavy atom. The second-order valence-electron chi connectivity index (χ2n) is 8.10. The molecule has 7 heteroatoms. The van der Waals surface area contributed by atoms with Crippen molar-refractivity contribution >= 4 is 28.4 Å². The molecule has 1 saturated heterocycles. The third-order valence-corrected chi connectivity index (χ3v) is 6.34. The van der Waals surface area contributed by atoms with Crippen molar-refractivity contribution in [3.05, 3.63) is 36.4 Å². The summed E-state index contributed by atoms with van der Waals surface area (Å²) < 4.78 is 2.13. The molecule has 152 valence electrons. The molecule has 3 aromatic rings. The van der Waals surface area contributed by atoms with Crippen LogP contribution in [0.5, 0.6) is 0 Å². The first-order valence-corrected chi connectivity index (χ1v) is 10.8. The van der Waals surface area contributed by atoms with Gasteiger partial charge in [0.05, 0.1) is 18.0 Å². The van der Waals surface area contributed by atoms with Gasteiger partial charge in [0.15, 0.2) is 17.0 Å². The molecule has 0 bridgehead atoms. The van der Waals surface area contributed by atoms with E-state index in [1.165, 1.54) is 17.8 Å². The van der Waals surface area contributed by atoms with E-state index < -0.39 is 0 Å². The Hall–Kier alpha value is -2.83. The van der Waals surface area contributed by atoms with Crippen LogP contribution in [0.25, 0.3) is 11.2 Å². The van der Waals surface area contributed by atoms with Crippen LogP contribution in [-0.4, -0.2) is 45.3 Å². The van der Waals surface area contributed by atoms with Crippen LogP contribution in [0.15, 0.2) is 30.6 Å². The number of nitrogens with zero attached hydrogens (tertiary/aromatic N) is 6. The number of imidazole rings is 1. The summed E-state index contributed by atoms with van der Waals surface area (Å²) in [5.41, 5.74) is 4.48. The third-order valence-electron chi connectivity index (χ3n) is 6.34. The molecule has 0 amide bonds. The van der Waals surface area contributed by atoms with Crippen molar-refractivity contribution in [3.8, 4) is 0 Å². The van der Waals surface area contributed by atoms with Crippen molar-refractivity contribution < 1.29 is 0 Å². The smallest absolute Gasteiger partial charge is 0.165 e. The normalized spacial score (nSPS) is 17.0. The lowest BCUT2D eigenvalue weighted by molar-refractivity contribution is 0.474. The van der Waals surface area contributed by atoms with Crippen LogP contribution in [0.1, 0.15) is 38.4 Å². The first kappa shape index (κ1) is 18.2. The summed E-state index contributed by atoms with van der Waals surface area (Å²) in [5.74, 6) is 2.10. The molecular formula is C22H29N7. The average molecular weight is 392 g/mol. The topological polar surface area (TPSA) is 62.1 Å². The minimum atomic E-state index is 0.559. The fraction of sp³-hybridized carbons (Fsp3) is 0.500. The van der Waals surface area contributed by atoms with Gasteiger partial charge in [-0.15, -0.1) is 0 Å². The predicted octanol–water partition coefficient (Wildman–Crippen LogP) is 3.56. The van der Waals surface area contributed by atoms with Gasteiger partial charge in [0.1, 0.15) is 12.2 Å². The largest absolute Gasteiger partial charge is 0.366 e. The maximum Gasteiger partial charge on any atom is 0.165 e. The number of para-hydroxylation sites is 2. The second-order valence-corrected chi connectivity index (χ2v) is 8.10. The molecule has 0 atom stereocenters. The van der Waals surface area contributed by atoms with E-state index >= 15 is 0 Å². The van der Waals surface area contributed by atoms with Gasteiger partial charge < -0.3 is 19.7 Å². The highest BCUT2D eigenvalue weighted by Gasteiger charge is 2.30. The Bertz CT molecular complexity index is 1000. The lowest BCUT2D eigenvalue weighted by Crippen LogP contribution is -2.45. The average Bonchev–Trinajstić information content (AvgIpc) is 3.34. The number of unbranched alkanes of at least 4 members (excludes halogenated alkanes) is 1. The van der Waals surface area contributed by atoms with Crippen molar-refractivity contribution in [2.45, 2.75) is 45.1 Å². The van der Waals surface area contributed by atoms with Crippen molar-refractivity contribution in [1.82, 2.24) is 19.5 Å². The quantitative estimate of drug-likeness (QED) is 0.717. The molecule has 4 heterocycles. The molecule has 7 nitrogen and oxygen atoms in total. The Kier molecular flexibility index (Phi) is 4.73. The van der Waals surface area contributed by atoms with E-state index in [1.54, 1.807) is 6.33 Å². The molecule has 2 aliphatic heterocycles. The van der Waals surface area contributed by atoms with E-state index in [0.717, 1.165) is 68.2 Å². The maximum absolute atomic E-state index is 4.93. The van der Waals surface area contributed by atoms with Crippen LogP contribution < -0.4 is 15.1 Å². The number of fused-ring (bicyclic) bond motifs is 2. The van der Waals surface area contributed by atoms with Crippen molar-refractivity contribution in [1.29, 1.82) is 0 Å². The van der Waals surface area contributed by atoms with Gasteiger partial charge in [-0.3, -0.25) is 0 Å². The van der Waals surface area contributed by atoms with Crippen LogP contribution in [0.4, 0.5) is 17.2 Å². The van der Waals surface area contributed by atoms with E-state index in [-0.39, 0.29) is 0 Å². The molecule has 2 aromatic heterocycles. The Morgan fingerprint density at radius 2 is 1.97 bits per heavy atom. The summed E-state index contributed by atoms with van der Waals surface area (Å²) in [6.07, 6.45) is 7.25. The zero-order valence-corrected chi connectivity index (χ0v) is 17.3. The van der Waals surface area contributed by atoms with Crippen LogP contribution in [0, 0.1) is 0 Å². The summed E-state index contributed by atoms with van der Waals surface area (Å²) in [6.45, 7) is 5.11. The third kappa shape index (κ3) is 3.18. The second kappa shape index (κ2) is 7.54. The van der Waals surface area contributed by atoms with Crippen LogP contribution in [0.3, 0.4) is 0 Å². The molecular weight excluding hydrogens is 362 g/mol. The van der Waals surface area contributed by atoms with Crippen LogP contribution in [-0.2, 0) is 13.5 Å². The van der Waals surface area contributed by atoms with E-state index in [0.29, 0.717) is 6.04 Å². The molecule has 1 aromatic carbocycles. The zero-order valence-electron chi connectivity index (χ0n) is 17.3. The summed E-state index contributed by atoms with van der Waals surface area (Å²) in [5, 5.41) is 3.52. The van der Waals surface area contributed by atoms with Crippen LogP contribution >= 0.6 is 0 Å². The highest BCUT2D eigenvalue weighted by atomic mass is 15.3. The fourth-order valence-corrected chi connectivity index (χ4v) is 4.67. The van der Waals surface area contributed by atoms with Gasteiger partial charge in [-0.25, -0.2) is 15.0 Å². The van der Waals surface area contributed by atoms with E-state index in [2.05, 4.69) is 67.9 Å². The standard InChI is InChI=1S/C22H29N7/c1-3-4-9-19-26-20-21(27(19)2)23-14-24-22(20)28-12-10-16(11-13-28)29-15-25-17-7-5-6-8-18(17)29/h5-8,14,16,25H,3-4,9-13,15H2,1-2H3. The van der Waals surface area contributed by atoms with E-state index in [9.17, 15) is 0 Å². The van der Waals surface area contributed by atoms with Gasteiger partial charge in [0.2, 0.25) is 0 Å². The molecule has 5 rings (SSSR count). The Morgan fingerprint density at radius 3 is 2.79 bits per heavy atom. The zero-order chi connectivity index (χ0) is 19.8. The number of hydrogen-bond donors (Lipinski definition) is 1. The van der Waals surface area contributed by atoms with Gasteiger partial charge >= 0.3 is 0 Å². The number of aryl methyl sites for hydroxylation is 2. The Balaban J connectivity index is 1.34. The maximum atomic E-state index is 4.93. The lowest BCUT2D eigenvalue weighted by Gasteiger charge is -2.38. The molecule has 0 radical (unpaired) electrons. The summed E-state index contributed by atoms with van der Waals surface area (Å²) in [4.78, 5) is 19.0. The summed E-state index contributed by atoms with van der Waals surface area (Å²) in [7, 11) is 2.07. The van der Waals surface area contributed by atoms with Crippen molar-refractivity contribution in [3.63, 3.8) is 0 Å². The van der Waals surface area contributed by atoms with Gasteiger partial charge in [0.25, 0.3) is 0 Å². The van der Waals surface area contributed by atoms with E-state index in [4.69, 9.17) is 4.98 Å². The summed E-state index contributed by atoms with van der Waals surface area (Å²) in [6, 6.07) is 9.17. The number of rotatable bonds is 5. The van der Waals surface area contributed by atoms with Gasteiger partial charge in [-0.1, -0.05) is 25.5 Å². The molecule has 2 aliphatic rings. The predicted molar refractivity (Wildman–Crippen MR) is 118 cm³/mol. The molecule has 0 spiro atoms.